The minimum Gasteiger partial charge on any atom is -0.501 e. The van der Waals surface area contributed by atoms with Crippen molar-refractivity contribution in [1.82, 2.24) is 5.32 Å². The van der Waals surface area contributed by atoms with Crippen LogP contribution in [0.3, 0.4) is 0 Å². The molecule has 1 aromatic carbocycles. The van der Waals surface area contributed by atoms with Gasteiger partial charge in [0.25, 0.3) is 0 Å². The molecule has 0 saturated carbocycles. The number of benzene rings is 1. The van der Waals surface area contributed by atoms with E-state index in [2.05, 4.69) is 24.4 Å². The summed E-state index contributed by atoms with van der Waals surface area (Å²) >= 11 is 0. The first-order chi connectivity index (χ1) is 11.2. The SMILES string of the molecule is CCCCC[C@@H](OCc1ccccc1)[C@@H]1CC(OC)=CC(=O)N1. The summed E-state index contributed by atoms with van der Waals surface area (Å²) in [6.45, 7) is 2.75. The maximum atomic E-state index is 11.8. The molecule has 0 bridgehead atoms. The molecule has 0 spiro atoms. The normalized spacial score (nSPS) is 19.0. The molecule has 0 fully saturated rings. The highest BCUT2D eigenvalue weighted by molar-refractivity contribution is 5.89. The molecule has 1 N–H and O–H groups in total. The van der Waals surface area contributed by atoms with Gasteiger partial charge in [0.2, 0.25) is 5.91 Å². The highest BCUT2D eigenvalue weighted by atomic mass is 16.5. The third-order valence-corrected chi connectivity index (χ3v) is 4.15. The summed E-state index contributed by atoms with van der Waals surface area (Å²) < 4.78 is 11.4. The van der Waals surface area contributed by atoms with Gasteiger partial charge in [-0.1, -0.05) is 56.5 Å². The van der Waals surface area contributed by atoms with E-state index in [-0.39, 0.29) is 18.1 Å². The molecule has 2 rings (SSSR count). The number of hydrogen-bond donors (Lipinski definition) is 1. The van der Waals surface area contributed by atoms with E-state index in [9.17, 15) is 4.79 Å². The number of carbonyl (C=O) groups excluding carboxylic acids is 1. The largest absolute Gasteiger partial charge is 0.501 e. The van der Waals surface area contributed by atoms with Crippen molar-refractivity contribution in [3.8, 4) is 0 Å². The van der Waals surface area contributed by atoms with Crippen LogP contribution in [-0.4, -0.2) is 25.2 Å². The summed E-state index contributed by atoms with van der Waals surface area (Å²) in [7, 11) is 1.61. The minimum atomic E-state index is -0.0955. The van der Waals surface area contributed by atoms with Gasteiger partial charge in [0.1, 0.15) is 5.76 Å². The molecular formula is C19H27NO3. The Balaban J connectivity index is 1.98. The lowest BCUT2D eigenvalue weighted by atomic mass is 9.97. The Labute approximate surface area is 138 Å². The van der Waals surface area contributed by atoms with Crippen LogP contribution in [0.5, 0.6) is 0 Å². The second-order valence-electron chi connectivity index (χ2n) is 5.96. The zero-order chi connectivity index (χ0) is 16.5. The zero-order valence-corrected chi connectivity index (χ0v) is 14.1. The smallest absolute Gasteiger partial charge is 0.247 e. The first-order valence-electron chi connectivity index (χ1n) is 8.43. The molecule has 4 heteroatoms. The fourth-order valence-corrected chi connectivity index (χ4v) is 2.84. The van der Waals surface area contributed by atoms with Crippen LogP contribution in [0.25, 0.3) is 0 Å². The molecule has 1 aliphatic rings. The molecule has 0 aliphatic carbocycles. The Hall–Kier alpha value is -1.81. The van der Waals surface area contributed by atoms with Crippen LogP contribution < -0.4 is 5.32 Å². The van der Waals surface area contributed by atoms with Crippen LogP contribution in [0, 0.1) is 0 Å². The summed E-state index contributed by atoms with van der Waals surface area (Å²) in [6, 6.07) is 10.1. The van der Waals surface area contributed by atoms with Gasteiger partial charge in [-0.2, -0.15) is 0 Å². The number of rotatable bonds is 9. The quantitative estimate of drug-likeness (QED) is 0.708. The van der Waals surface area contributed by atoms with Crippen LogP contribution >= 0.6 is 0 Å². The van der Waals surface area contributed by atoms with Gasteiger partial charge in [-0.05, 0) is 12.0 Å². The predicted octanol–water partition coefficient (Wildman–Crippen LogP) is 3.57. The Kier molecular flexibility index (Phi) is 7.14. The lowest BCUT2D eigenvalue weighted by Gasteiger charge is -2.31. The molecule has 0 unspecified atom stereocenters. The topological polar surface area (TPSA) is 47.6 Å². The summed E-state index contributed by atoms with van der Waals surface area (Å²) in [6.07, 6.45) is 6.62. The highest BCUT2D eigenvalue weighted by Crippen LogP contribution is 2.21. The fourth-order valence-electron chi connectivity index (χ4n) is 2.84. The minimum absolute atomic E-state index is 0.00422. The van der Waals surface area contributed by atoms with Crippen molar-refractivity contribution in [2.24, 2.45) is 0 Å². The van der Waals surface area contributed by atoms with E-state index in [4.69, 9.17) is 9.47 Å². The zero-order valence-electron chi connectivity index (χ0n) is 14.1. The Morgan fingerprint density at radius 2 is 2.04 bits per heavy atom. The third-order valence-electron chi connectivity index (χ3n) is 4.15. The first-order valence-corrected chi connectivity index (χ1v) is 8.43. The second-order valence-corrected chi connectivity index (χ2v) is 5.96. The third kappa shape index (κ3) is 5.71. The number of hydrogen-bond acceptors (Lipinski definition) is 3. The van der Waals surface area contributed by atoms with E-state index >= 15 is 0 Å². The van der Waals surface area contributed by atoms with Gasteiger partial charge in [-0.3, -0.25) is 4.79 Å². The molecule has 0 aromatic heterocycles. The van der Waals surface area contributed by atoms with Crippen LogP contribution in [0.4, 0.5) is 0 Å². The Bertz CT molecular complexity index is 513. The van der Waals surface area contributed by atoms with E-state index in [0.29, 0.717) is 13.0 Å². The Morgan fingerprint density at radius 3 is 2.74 bits per heavy atom. The molecule has 126 valence electrons. The average molecular weight is 317 g/mol. The maximum absolute atomic E-state index is 11.8. The number of methoxy groups -OCH3 is 1. The van der Waals surface area contributed by atoms with E-state index in [1.165, 1.54) is 18.9 Å². The van der Waals surface area contributed by atoms with Crippen molar-refractivity contribution >= 4 is 5.91 Å². The highest BCUT2D eigenvalue weighted by Gasteiger charge is 2.28. The van der Waals surface area contributed by atoms with Crippen molar-refractivity contribution in [2.45, 2.75) is 57.8 Å². The van der Waals surface area contributed by atoms with Crippen LogP contribution in [0.2, 0.25) is 0 Å². The van der Waals surface area contributed by atoms with Gasteiger partial charge in [0.05, 0.1) is 25.9 Å². The van der Waals surface area contributed by atoms with Gasteiger partial charge in [0.15, 0.2) is 0 Å². The van der Waals surface area contributed by atoms with E-state index in [0.717, 1.165) is 24.2 Å². The number of ether oxygens (including phenoxy) is 2. The summed E-state index contributed by atoms with van der Waals surface area (Å²) in [5.74, 6) is 0.629. The van der Waals surface area contributed by atoms with Gasteiger partial charge in [-0.15, -0.1) is 0 Å². The molecule has 4 nitrogen and oxygen atoms in total. The molecule has 1 amide bonds. The number of unbranched alkanes of at least 4 members (excludes halogenated alkanes) is 2. The van der Waals surface area contributed by atoms with Crippen molar-refractivity contribution in [2.75, 3.05) is 7.11 Å². The van der Waals surface area contributed by atoms with Gasteiger partial charge in [-0.25, -0.2) is 0 Å². The summed E-state index contributed by atoms with van der Waals surface area (Å²) in [5, 5.41) is 3.02. The average Bonchev–Trinajstić information content (AvgIpc) is 2.58. The number of carbonyl (C=O) groups is 1. The fraction of sp³-hybridized carbons (Fsp3) is 0.526. The molecule has 1 aromatic rings. The van der Waals surface area contributed by atoms with Crippen LogP contribution in [-0.2, 0) is 20.9 Å². The molecular weight excluding hydrogens is 290 g/mol. The number of amides is 1. The lowest BCUT2D eigenvalue weighted by Crippen LogP contribution is -2.46. The van der Waals surface area contributed by atoms with Crippen molar-refractivity contribution in [3.05, 3.63) is 47.7 Å². The molecule has 0 radical (unpaired) electrons. The van der Waals surface area contributed by atoms with Gasteiger partial charge in [0, 0.05) is 12.5 Å². The summed E-state index contributed by atoms with van der Waals surface area (Å²) in [5.41, 5.74) is 1.15. The molecule has 2 atom stereocenters. The molecule has 0 saturated heterocycles. The van der Waals surface area contributed by atoms with E-state index < -0.39 is 0 Å². The lowest BCUT2D eigenvalue weighted by molar-refractivity contribution is -0.119. The molecule has 1 aliphatic heterocycles. The Morgan fingerprint density at radius 1 is 1.26 bits per heavy atom. The monoisotopic (exact) mass is 317 g/mol. The number of nitrogens with one attached hydrogen (secondary N) is 1. The van der Waals surface area contributed by atoms with E-state index in [1.807, 2.05) is 18.2 Å². The van der Waals surface area contributed by atoms with E-state index in [1.54, 1.807) is 7.11 Å². The van der Waals surface area contributed by atoms with Crippen LogP contribution in [0.1, 0.15) is 44.6 Å². The standard InChI is InChI=1S/C19H27NO3/c1-3-4-6-11-18(23-14-15-9-7-5-8-10-15)17-12-16(22-2)13-19(21)20-17/h5,7-10,13,17-18H,3-4,6,11-12,14H2,1-2H3,(H,20,21)/t17-,18+/m0/s1. The van der Waals surface area contributed by atoms with Crippen molar-refractivity contribution in [1.29, 1.82) is 0 Å². The molecule has 1 heterocycles. The van der Waals surface area contributed by atoms with Crippen LogP contribution in [0.15, 0.2) is 42.2 Å². The second kappa shape index (κ2) is 9.36. The van der Waals surface area contributed by atoms with Crippen molar-refractivity contribution in [3.63, 3.8) is 0 Å². The first kappa shape index (κ1) is 17.5. The van der Waals surface area contributed by atoms with Gasteiger partial charge < -0.3 is 14.8 Å². The van der Waals surface area contributed by atoms with Crippen molar-refractivity contribution < 1.29 is 14.3 Å². The maximum Gasteiger partial charge on any atom is 0.247 e. The molecule has 23 heavy (non-hydrogen) atoms. The van der Waals surface area contributed by atoms with Gasteiger partial charge >= 0.3 is 0 Å². The summed E-state index contributed by atoms with van der Waals surface area (Å²) in [4.78, 5) is 11.8. The predicted molar refractivity (Wildman–Crippen MR) is 90.8 cm³/mol.